The zero-order chi connectivity index (χ0) is 15.0. The van der Waals surface area contributed by atoms with Crippen LogP contribution in [-0.4, -0.2) is 10.9 Å². The monoisotopic (exact) mass is 365 g/mol. The molecule has 0 fully saturated rings. The lowest BCUT2D eigenvalue weighted by Gasteiger charge is -2.06. The number of pyridine rings is 1. The van der Waals surface area contributed by atoms with E-state index in [0.29, 0.717) is 26.2 Å². The zero-order valence-electron chi connectivity index (χ0n) is 10.6. The molecule has 4 nitrogen and oxygen atoms in total. The number of hydrogen-bond acceptors (Lipinski definition) is 4. The van der Waals surface area contributed by atoms with E-state index in [2.05, 4.69) is 26.2 Å². The number of amides is 1. The van der Waals surface area contributed by atoms with Crippen molar-refractivity contribution in [3.8, 4) is 0 Å². The smallest absolute Gasteiger partial charge is 0.267 e. The third kappa shape index (κ3) is 2.62. The van der Waals surface area contributed by atoms with Gasteiger partial charge in [0.2, 0.25) is 0 Å². The number of nitrogens with zero attached hydrogens (tertiary/aromatic N) is 1. The van der Waals surface area contributed by atoms with Gasteiger partial charge in [0.05, 0.1) is 16.1 Å². The Balaban J connectivity index is 1.97. The minimum absolute atomic E-state index is 0.334. The predicted octanol–water partition coefficient (Wildman–Crippen LogP) is 4.03. The van der Waals surface area contributed by atoms with E-state index in [4.69, 9.17) is 5.73 Å². The Hall–Kier alpha value is -1.99. The van der Waals surface area contributed by atoms with Gasteiger partial charge in [-0.3, -0.25) is 9.78 Å². The summed E-state index contributed by atoms with van der Waals surface area (Å²) in [5.41, 5.74) is 7.25. The molecule has 0 aliphatic rings. The maximum atomic E-state index is 13.2. The molecule has 0 aliphatic carbocycles. The highest BCUT2D eigenvalue weighted by molar-refractivity contribution is 9.10. The molecule has 3 N–H and O–H groups in total. The van der Waals surface area contributed by atoms with Gasteiger partial charge >= 0.3 is 0 Å². The standard InChI is InChI=1S/C14H9BrFN3OS/c15-8-4-3-7(16)6-9(8)19-14(20)13-11(17)12-10(21-13)2-1-5-18-12/h1-6H,17H2,(H,19,20). The summed E-state index contributed by atoms with van der Waals surface area (Å²) in [4.78, 5) is 16.8. The molecule has 21 heavy (non-hydrogen) atoms. The highest BCUT2D eigenvalue weighted by Gasteiger charge is 2.18. The minimum atomic E-state index is -0.431. The molecule has 0 radical (unpaired) electrons. The van der Waals surface area contributed by atoms with E-state index in [9.17, 15) is 9.18 Å². The van der Waals surface area contributed by atoms with Gasteiger partial charge in [0.1, 0.15) is 16.2 Å². The van der Waals surface area contributed by atoms with E-state index in [0.717, 1.165) is 4.70 Å². The normalized spacial score (nSPS) is 10.8. The van der Waals surface area contributed by atoms with Gasteiger partial charge in [-0.1, -0.05) is 0 Å². The van der Waals surface area contributed by atoms with Crippen molar-refractivity contribution in [2.45, 2.75) is 0 Å². The van der Waals surface area contributed by atoms with E-state index in [1.807, 2.05) is 6.07 Å². The fraction of sp³-hybridized carbons (Fsp3) is 0. The van der Waals surface area contributed by atoms with Crippen LogP contribution in [0.25, 0.3) is 10.2 Å². The van der Waals surface area contributed by atoms with Gasteiger partial charge in [-0.05, 0) is 46.3 Å². The number of anilines is 2. The Morgan fingerprint density at radius 3 is 2.95 bits per heavy atom. The first kappa shape index (κ1) is 14.0. The van der Waals surface area contributed by atoms with Crippen molar-refractivity contribution in [2.24, 2.45) is 0 Å². The molecule has 0 atom stereocenters. The SMILES string of the molecule is Nc1c(C(=O)Nc2cc(F)ccc2Br)sc2cccnc12. The van der Waals surface area contributed by atoms with Crippen LogP contribution in [0.1, 0.15) is 9.67 Å². The Morgan fingerprint density at radius 1 is 1.38 bits per heavy atom. The molecule has 1 amide bonds. The maximum Gasteiger partial charge on any atom is 0.267 e. The van der Waals surface area contributed by atoms with Gasteiger partial charge in [-0.2, -0.15) is 0 Å². The molecule has 1 aromatic carbocycles. The zero-order valence-corrected chi connectivity index (χ0v) is 13.0. The van der Waals surface area contributed by atoms with Crippen molar-refractivity contribution < 1.29 is 9.18 Å². The first-order chi connectivity index (χ1) is 10.1. The molecule has 2 heterocycles. The number of nitrogens with two attached hydrogens (primary N) is 1. The summed E-state index contributed by atoms with van der Waals surface area (Å²) in [7, 11) is 0. The summed E-state index contributed by atoms with van der Waals surface area (Å²) in [6.45, 7) is 0. The number of nitrogen functional groups attached to an aromatic ring is 1. The molecule has 3 rings (SSSR count). The molecule has 0 saturated heterocycles. The summed E-state index contributed by atoms with van der Waals surface area (Å²) in [6, 6.07) is 7.70. The number of aromatic nitrogens is 1. The highest BCUT2D eigenvalue weighted by atomic mass is 79.9. The lowest BCUT2D eigenvalue weighted by Crippen LogP contribution is -2.12. The maximum absolute atomic E-state index is 13.2. The van der Waals surface area contributed by atoms with E-state index >= 15 is 0 Å². The fourth-order valence-corrected chi connectivity index (χ4v) is 3.21. The fourth-order valence-electron chi connectivity index (χ4n) is 1.89. The average molecular weight is 366 g/mol. The summed E-state index contributed by atoms with van der Waals surface area (Å²) >= 11 is 4.52. The first-order valence-electron chi connectivity index (χ1n) is 5.95. The second kappa shape index (κ2) is 5.42. The molecule has 0 spiro atoms. The van der Waals surface area contributed by atoms with Crippen LogP contribution >= 0.6 is 27.3 Å². The Morgan fingerprint density at radius 2 is 2.19 bits per heavy atom. The molecule has 106 valence electrons. The van der Waals surface area contributed by atoms with E-state index in [-0.39, 0.29) is 5.91 Å². The molecule has 3 aromatic rings. The number of benzene rings is 1. The lowest BCUT2D eigenvalue weighted by atomic mass is 10.3. The molecule has 0 unspecified atom stereocenters. The third-order valence-corrected chi connectivity index (χ3v) is 4.72. The summed E-state index contributed by atoms with van der Waals surface area (Å²) in [5, 5.41) is 2.65. The molecule has 0 bridgehead atoms. The number of hydrogen-bond donors (Lipinski definition) is 2. The second-order valence-electron chi connectivity index (χ2n) is 4.27. The van der Waals surface area contributed by atoms with Crippen molar-refractivity contribution in [1.29, 1.82) is 0 Å². The van der Waals surface area contributed by atoms with Gasteiger partial charge in [0.15, 0.2) is 0 Å². The molecule has 0 aliphatic heterocycles. The van der Waals surface area contributed by atoms with Gasteiger partial charge in [-0.25, -0.2) is 4.39 Å². The van der Waals surface area contributed by atoms with E-state index < -0.39 is 5.82 Å². The molecular formula is C14H9BrFN3OS. The van der Waals surface area contributed by atoms with E-state index in [1.54, 1.807) is 12.3 Å². The number of fused-ring (bicyclic) bond motifs is 1. The number of carbonyl (C=O) groups excluding carboxylic acids is 1. The van der Waals surface area contributed by atoms with Crippen LogP contribution in [0.2, 0.25) is 0 Å². The van der Waals surface area contributed by atoms with Gasteiger partial charge in [-0.15, -0.1) is 11.3 Å². The Kier molecular flexibility index (Phi) is 3.60. The van der Waals surface area contributed by atoms with Gasteiger partial charge in [0.25, 0.3) is 5.91 Å². The number of rotatable bonds is 2. The van der Waals surface area contributed by atoms with Crippen molar-refractivity contribution in [3.05, 3.63) is 51.7 Å². The summed E-state index contributed by atoms with van der Waals surface area (Å²) in [5.74, 6) is -0.818. The quantitative estimate of drug-likeness (QED) is 0.720. The topological polar surface area (TPSA) is 68.0 Å². The van der Waals surface area contributed by atoms with Gasteiger partial charge < -0.3 is 11.1 Å². The summed E-state index contributed by atoms with van der Waals surface area (Å²) in [6.07, 6.45) is 1.62. The number of nitrogens with one attached hydrogen (secondary N) is 1. The second-order valence-corrected chi connectivity index (χ2v) is 6.18. The summed E-state index contributed by atoms with van der Waals surface area (Å²) < 4.78 is 14.7. The largest absolute Gasteiger partial charge is 0.396 e. The van der Waals surface area contributed by atoms with Crippen molar-refractivity contribution in [3.63, 3.8) is 0 Å². The first-order valence-corrected chi connectivity index (χ1v) is 7.56. The molecule has 0 saturated carbocycles. The lowest BCUT2D eigenvalue weighted by molar-refractivity contribution is 0.103. The molecular weight excluding hydrogens is 357 g/mol. The molecule has 2 aromatic heterocycles. The minimum Gasteiger partial charge on any atom is -0.396 e. The Labute approximate surface area is 131 Å². The van der Waals surface area contributed by atoms with Crippen molar-refractivity contribution >= 4 is 54.8 Å². The van der Waals surface area contributed by atoms with Gasteiger partial charge in [0, 0.05) is 10.7 Å². The van der Waals surface area contributed by atoms with Crippen LogP contribution in [0.3, 0.4) is 0 Å². The third-order valence-electron chi connectivity index (χ3n) is 2.87. The molecule has 7 heteroatoms. The highest BCUT2D eigenvalue weighted by Crippen LogP contribution is 2.33. The Bertz CT molecular complexity index is 849. The van der Waals surface area contributed by atoms with E-state index in [1.165, 1.54) is 29.5 Å². The van der Waals surface area contributed by atoms with Crippen LogP contribution in [0.15, 0.2) is 41.0 Å². The predicted molar refractivity (Wildman–Crippen MR) is 86.1 cm³/mol. The average Bonchev–Trinajstić information content (AvgIpc) is 2.81. The number of halogens is 2. The van der Waals surface area contributed by atoms with Crippen molar-refractivity contribution in [2.75, 3.05) is 11.1 Å². The van der Waals surface area contributed by atoms with Crippen molar-refractivity contribution in [1.82, 2.24) is 4.98 Å². The van der Waals surface area contributed by atoms with Crippen LogP contribution in [0.4, 0.5) is 15.8 Å². The van der Waals surface area contributed by atoms with Crippen LogP contribution < -0.4 is 11.1 Å². The van der Waals surface area contributed by atoms with Crippen LogP contribution in [-0.2, 0) is 0 Å². The van der Waals surface area contributed by atoms with Crippen LogP contribution in [0, 0.1) is 5.82 Å². The number of thiophene rings is 1. The van der Waals surface area contributed by atoms with Crippen LogP contribution in [0.5, 0.6) is 0 Å². The number of carbonyl (C=O) groups is 1.